The van der Waals surface area contributed by atoms with Gasteiger partial charge in [-0.05, 0) is 24.6 Å². The number of benzene rings is 1. The molecule has 1 saturated heterocycles. The summed E-state index contributed by atoms with van der Waals surface area (Å²) in [6, 6.07) is 4.02. The number of hydrogen-bond donors (Lipinski definition) is 0. The van der Waals surface area contributed by atoms with E-state index in [0.29, 0.717) is 0 Å². The number of rotatable bonds is 3. The molecule has 14 heavy (non-hydrogen) atoms. The zero-order valence-corrected chi connectivity index (χ0v) is 8.66. The quantitative estimate of drug-likeness (QED) is 0.690. The Kier molecular flexibility index (Phi) is 2.33. The van der Waals surface area contributed by atoms with E-state index in [-0.39, 0.29) is 6.10 Å². The zero-order chi connectivity index (χ0) is 10.1. The van der Waals surface area contributed by atoms with E-state index < -0.39 is 0 Å². The molecular weight excluding hydrogens is 180 g/mol. The molecule has 0 aliphatic carbocycles. The second kappa shape index (κ2) is 3.50. The number of methoxy groups -OCH3 is 2. The molecule has 3 heteroatoms. The first kappa shape index (κ1) is 9.34. The molecule has 0 N–H and O–H groups in total. The van der Waals surface area contributed by atoms with Gasteiger partial charge in [0.05, 0.1) is 20.8 Å². The molecule has 0 saturated carbocycles. The van der Waals surface area contributed by atoms with Crippen LogP contribution in [0.3, 0.4) is 0 Å². The SMILES string of the molecule is COc1cc([C@@H]2CO2)cc(OC)c1C. The fraction of sp³-hybridized carbons (Fsp3) is 0.455. The first-order valence-electron chi connectivity index (χ1n) is 4.60. The maximum absolute atomic E-state index is 5.27. The minimum atomic E-state index is 0.235. The van der Waals surface area contributed by atoms with Gasteiger partial charge in [0.25, 0.3) is 0 Å². The maximum atomic E-state index is 5.27. The van der Waals surface area contributed by atoms with Gasteiger partial charge in [0, 0.05) is 5.56 Å². The van der Waals surface area contributed by atoms with Gasteiger partial charge in [-0.2, -0.15) is 0 Å². The Hall–Kier alpha value is -1.22. The van der Waals surface area contributed by atoms with Gasteiger partial charge in [-0.1, -0.05) is 0 Å². The Morgan fingerprint density at radius 2 is 1.71 bits per heavy atom. The van der Waals surface area contributed by atoms with Crippen LogP contribution in [0.1, 0.15) is 17.2 Å². The van der Waals surface area contributed by atoms with E-state index in [4.69, 9.17) is 14.2 Å². The van der Waals surface area contributed by atoms with Gasteiger partial charge in [-0.25, -0.2) is 0 Å². The monoisotopic (exact) mass is 194 g/mol. The lowest BCUT2D eigenvalue weighted by atomic mass is 10.1. The highest BCUT2D eigenvalue weighted by Crippen LogP contribution is 2.37. The first-order valence-corrected chi connectivity index (χ1v) is 4.60. The number of hydrogen-bond acceptors (Lipinski definition) is 3. The smallest absolute Gasteiger partial charge is 0.125 e. The molecule has 0 unspecified atom stereocenters. The zero-order valence-electron chi connectivity index (χ0n) is 8.66. The summed E-state index contributed by atoms with van der Waals surface area (Å²) < 4.78 is 15.8. The molecule has 1 aromatic carbocycles. The van der Waals surface area contributed by atoms with Crippen LogP contribution in [-0.4, -0.2) is 20.8 Å². The number of ether oxygens (including phenoxy) is 3. The van der Waals surface area contributed by atoms with Gasteiger partial charge < -0.3 is 14.2 Å². The van der Waals surface area contributed by atoms with E-state index in [1.807, 2.05) is 19.1 Å². The number of epoxide rings is 1. The van der Waals surface area contributed by atoms with Crippen LogP contribution in [0.25, 0.3) is 0 Å². The molecule has 76 valence electrons. The lowest BCUT2D eigenvalue weighted by Crippen LogP contribution is -1.94. The standard InChI is InChI=1S/C11H14O3/c1-7-9(12-2)4-8(11-6-14-11)5-10(7)13-3/h4-5,11H,6H2,1-3H3/t11-/m0/s1. The van der Waals surface area contributed by atoms with Crippen molar-refractivity contribution >= 4 is 0 Å². The molecule has 2 rings (SSSR count). The van der Waals surface area contributed by atoms with Crippen LogP contribution in [0.4, 0.5) is 0 Å². The van der Waals surface area contributed by atoms with Crippen molar-refractivity contribution in [3.05, 3.63) is 23.3 Å². The molecule has 1 aliphatic heterocycles. The predicted octanol–water partition coefficient (Wildman–Crippen LogP) is 2.08. The molecule has 1 heterocycles. The van der Waals surface area contributed by atoms with E-state index in [2.05, 4.69) is 0 Å². The Labute approximate surface area is 83.6 Å². The van der Waals surface area contributed by atoms with Crippen molar-refractivity contribution in [1.29, 1.82) is 0 Å². The second-order valence-electron chi connectivity index (χ2n) is 3.37. The summed E-state index contributed by atoms with van der Waals surface area (Å²) >= 11 is 0. The maximum Gasteiger partial charge on any atom is 0.125 e. The van der Waals surface area contributed by atoms with Crippen LogP contribution in [0.5, 0.6) is 11.5 Å². The van der Waals surface area contributed by atoms with Crippen LogP contribution in [0, 0.1) is 6.92 Å². The average molecular weight is 194 g/mol. The van der Waals surface area contributed by atoms with E-state index in [1.165, 1.54) is 0 Å². The Morgan fingerprint density at radius 1 is 1.21 bits per heavy atom. The predicted molar refractivity (Wildman–Crippen MR) is 53.0 cm³/mol. The topological polar surface area (TPSA) is 31.0 Å². The third kappa shape index (κ3) is 1.55. The van der Waals surface area contributed by atoms with Crippen molar-refractivity contribution in [1.82, 2.24) is 0 Å². The molecule has 0 radical (unpaired) electrons. The molecule has 0 aromatic heterocycles. The van der Waals surface area contributed by atoms with Crippen molar-refractivity contribution < 1.29 is 14.2 Å². The third-order valence-corrected chi connectivity index (χ3v) is 2.48. The minimum absolute atomic E-state index is 0.235. The molecule has 1 atom stereocenters. The fourth-order valence-corrected chi connectivity index (χ4v) is 1.53. The van der Waals surface area contributed by atoms with Crippen LogP contribution in [-0.2, 0) is 4.74 Å². The van der Waals surface area contributed by atoms with Gasteiger partial charge in [0.1, 0.15) is 17.6 Å². The lowest BCUT2D eigenvalue weighted by Gasteiger charge is -2.11. The highest BCUT2D eigenvalue weighted by atomic mass is 16.6. The Morgan fingerprint density at radius 3 is 2.07 bits per heavy atom. The molecule has 3 nitrogen and oxygen atoms in total. The Bertz CT molecular complexity index is 317. The van der Waals surface area contributed by atoms with Crippen molar-refractivity contribution in [2.45, 2.75) is 13.0 Å². The summed E-state index contributed by atoms with van der Waals surface area (Å²) in [5.41, 5.74) is 2.16. The van der Waals surface area contributed by atoms with E-state index in [1.54, 1.807) is 14.2 Å². The molecular formula is C11H14O3. The summed E-state index contributed by atoms with van der Waals surface area (Å²) in [7, 11) is 3.33. The highest BCUT2D eigenvalue weighted by Gasteiger charge is 2.26. The first-order chi connectivity index (χ1) is 6.76. The van der Waals surface area contributed by atoms with Crippen LogP contribution in [0.15, 0.2) is 12.1 Å². The van der Waals surface area contributed by atoms with Crippen LogP contribution < -0.4 is 9.47 Å². The molecule has 0 bridgehead atoms. The average Bonchev–Trinajstić information content (AvgIpc) is 3.02. The van der Waals surface area contributed by atoms with Crippen LogP contribution >= 0.6 is 0 Å². The van der Waals surface area contributed by atoms with Gasteiger partial charge >= 0.3 is 0 Å². The van der Waals surface area contributed by atoms with Gasteiger partial charge in [0.2, 0.25) is 0 Å². The van der Waals surface area contributed by atoms with Crippen molar-refractivity contribution in [3.63, 3.8) is 0 Å². The van der Waals surface area contributed by atoms with Crippen molar-refractivity contribution in [2.24, 2.45) is 0 Å². The van der Waals surface area contributed by atoms with Gasteiger partial charge in [0.15, 0.2) is 0 Å². The summed E-state index contributed by atoms with van der Waals surface area (Å²) in [5.74, 6) is 1.71. The van der Waals surface area contributed by atoms with Gasteiger partial charge in [-0.15, -0.1) is 0 Å². The molecule has 0 spiro atoms. The van der Waals surface area contributed by atoms with E-state index in [0.717, 1.165) is 29.2 Å². The lowest BCUT2D eigenvalue weighted by molar-refractivity contribution is 0.382. The van der Waals surface area contributed by atoms with E-state index in [9.17, 15) is 0 Å². The van der Waals surface area contributed by atoms with Crippen LogP contribution in [0.2, 0.25) is 0 Å². The largest absolute Gasteiger partial charge is 0.496 e. The summed E-state index contributed by atoms with van der Waals surface area (Å²) in [6.45, 7) is 2.78. The normalized spacial score (nSPS) is 19.2. The molecule has 0 amide bonds. The van der Waals surface area contributed by atoms with Gasteiger partial charge in [-0.3, -0.25) is 0 Å². The second-order valence-corrected chi connectivity index (χ2v) is 3.37. The Balaban J connectivity index is 2.43. The van der Waals surface area contributed by atoms with Crippen molar-refractivity contribution in [2.75, 3.05) is 20.8 Å². The fourth-order valence-electron chi connectivity index (χ4n) is 1.53. The van der Waals surface area contributed by atoms with Crippen molar-refractivity contribution in [3.8, 4) is 11.5 Å². The van der Waals surface area contributed by atoms with E-state index >= 15 is 0 Å². The molecule has 1 fully saturated rings. The molecule has 1 aromatic rings. The summed E-state index contributed by atoms with van der Waals surface area (Å²) in [4.78, 5) is 0. The molecule has 1 aliphatic rings. The minimum Gasteiger partial charge on any atom is -0.496 e. The summed E-state index contributed by atoms with van der Waals surface area (Å²) in [6.07, 6.45) is 0.235. The highest BCUT2D eigenvalue weighted by molar-refractivity contribution is 5.48. The third-order valence-electron chi connectivity index (χ3n) is 2.48. The summed E-state index contributed by atoms with van der Waals surface area (Å²) in [5, 5.41) is 0.